The Morgan fingerprint density at radius 1 is 1.41 bits per heavy atom. The van der Waals surface area contributed by atoms with Crippen molar-refractivity contribution in [2.24, 2.45) is 12.8 Å². The highest BCUT2D eigenvalue weighted by atomic mass is 32.2. The molecule has 0 unspecified atom stereocenters. The minimum atomic E-state index is -3.23. The van der Waals surface area contributed by atoms with Crippen LogP contribution in [0.25, 0.3) is 11.0 Å². The van der Waals surface area contributed by atoms with Gasteiger partial charge in [0.15, 0.2) is 9.84 Å². The summed E-state index contributed by atoms with van der Waals surface area (Å²) < 4.78 is 25.8. The third-order valence-electron chi connectivity index (χ3n) is 2.67. The molecule has 0 saturated heterocycles. The second-order valence-electron chi connectivity index (χ2n) is 3.97. The van der Waals surface area contributed by atoms with Crippen LogP contribution in [0.4, 0.5) is 0 Å². The molecule has 2 aromatic rings. The summed E-state index contributed by atoms with van der Waals surface area (Å²) in [5.74, 6) is 0.0852. The molecule has 0 spiro atoms. The first kappa shape index (κ1) is 12.1. The van der Waals surface area contributed by atoms with Gasteiger partial charge in [-0.05, 0) is 31.2 Å². The normalized spacial score (nSPS) is 12.1. The maximum atomic E-state index is 12.0. The summed E-state index contributed by atoms with van der Waals surface area (Å²) in [6.45, 7) is 0.380. The van der Waals surface area contributed by atoms with E-state index in [-0.39, 0.29) is 5.75 Å². The first-order valence-corrected chi connectivity index (χ1v) is 7.04. The zero-order chi connectivity index (χ0) is 12.5. The molecule has 0 radical (unpaired) electrons. The van der Waals surface area contributed by atoms with Gasteiger partial charge in [0.1, 0.15) is 0 Å². The summed E-state index contributed by atoms with van der Waals surface area (Å²) in [5, 5.41) is 0. The van der Waals surface area contributed by atoms with E-state index in [9.17, 15) is 8.42 Å². The zero-order valence-corrected chi connectivity index (χ0v) is 10.4. The molecule has 5 nitrogen and oxygen atoms in total. The fourth-order valence-electron chi connectivity index (χ4n) is 1.70. The van der Waals surface area contributed by atoms with E-state index in [4.69, 9.17) is 5.73 Å². The number of fused-ring (bicyclic) bond motifs is 1. The van der Waals surface area contributed by atoms with E-state index >= 15 is 0 Å². The lowest BCUT2D eigenvalue weighted by molar-refractivity contribution is 0.593. The van der Waals surface area contributed by atoms with Crippen molar-refractivity contribution >= 4 is 20.9 Å². The fourth-order valence-corrected chi connectivity index (χ4v) is 3.05. The summed E-state index contributed by atoms with van der Waals surface area (Å²) in [6, 6.07) is 5.01. The Morgan fingerprint density at radius 2 is 2.18 bits per heavy atom. The molecule has 0 fully saturated rings. The van der Waals surface area contributed by atoms with Crippen molar-refractivity contribution in [3.05, 3.63) is 24.5 Å². The highest BCUT2D eigenvalue weighted by molar-refractivity contribution is 7.91. The predicted molar refractivity (Wildman–Crippen MR) is 66.4 cm³/mol. The van der Waals surface area contributed by atoms with Gasteiger partial charge < -0.3 is 10.3 Å². The smallest absolute Gasteiger partial charge is 0.178 e. The van der Waals surface area contributed by atoms with Crippen molar-refractivity contribution < 1.29 is 8.42 Å². The summed E-state index contributed by atoms with van der Waals surface area (Å²) in [6.07, 6.45) is 2.14. The molecule has 6 heteroatoms. The molecule has 0 atom stereocenters. The van der Waals surface area contributed by atoms with Crippen molar-refractivity contribution in [3.63, 3.8) is 0 Å². The molecule has 1 heterocycles. The van der Waals surface area contributed by atoms with E-state index < -0.39 is 9.84 Å². The first-order valence-electron chi connectivity index (χ1n) is 5.38. The topological polar surface area (TPSA) is 78.0 Å². The number of nitrogens with two attached hydrogens (primary N) is 1. The molecule has 0 aliphatic rings. The lowest BCUT2D eigenvalue weighted by Crippen LogP contribution is -2.11. The summed E-state index contributed by atoms with van der Waals surface area (Å²) >= 11 is 0. The largest absolute Gasteiger partial charge is 0.334 e. The average molecular weight is 253 g/mol. The van der Waals surface area contributed by atoms with E-state index in [0.717, 1.165) is 5.52 Å². The number of hydrogen-bond acceptors (Lipinski definition) is 4. The Kier molecular flexibility index (Phi) is 3.17. The zero-order valence-electron chi connectivity index (χ0n) is 9.63. The monoisotopic (exact) mass is 253 g/mol. The van der Waals surface area contributed by atoms with Crippen molar-refractivity contribution in [2.45, 2.75) is 11.3 Å². The van der Waals surface area contributed by atoms with Gasteiger partial charge in [-0.3, -0.25) is 0 Å². The Bertz CT molecular complexity index is 631. The Labute approximate surface area is 100 Å². The lowest BCUT2D eigenvalue weighted by atomic mass is 10.3. The third kappa shape index (κ3) is 2.32. The van der Waals surface area contributed by atoms with Gasteiger partial charge in [0.2, 0.25) is 0 Å². The van der Waals surface area contributed by atoms with Gasteiger partial charge in [0.25, 0.3) is 0 Å². The number of aromatic nitrogens is 2. The van der Waals surface area contributed by atoms with Crippen LogP contribution in [0.2, 0.25) is 0 Å². The van der Waals surface area contributed by atoms with Crippen molar-refractivity contribution in [1.29, 1.82) is 0 Å². The molecule has 0 aliphatic heterocycles. The highest BCUT2D eigenvalue weighted by Gasteiger charge is 2.14. The average Bonchev–Trinajstić information content (AvgIpc) is 2.68. The van der Waals surface area contributed by atoms with E-state index in [1.807, 2.05) is 11.6 Å². The minimum Gasteiger partial charge on any atom is -0.334 e. The Morgan fingerprint density at radius 3 is 2.88 bits per heavy atom. The molecule has 92 valence electrons. The maximum absolute atomic E-state index is 12.0. The van der Waals surface area contributed by atoms with Crippen LogP contribution < -0.4 is 5.73 Å². The molecule has 1 aromatic carbocycles. The van der Waals surface area contributed by atoms with Crippen LogP contribution in [0.1, 0.15) is 6.42 Å². The second kappa shape index (κ2) is 4.46. The number of imidazole rings is 1. The summed E-state index contributed by atoms with van der Waals surface area (Å²) in [5.41, 5.74) is 6.94. The number of nitrogens with zero attached hydrogens (tertiary/aromatic N) is 2. The van der Waals surface area contributed by atoms with Crippen LogP contribution in [0.5, 0.6) is 0 Å². The number of sulfone groups is 1. The van der Waals surface area contributed by atoms with Gasteiger partial charge >= 0.3 is 0 Å². The van der Waals surface area contributed by atoms with Gasteiger partial charge in [-0.1, -0.05) is 0 Å². The highest BCUT2D eigenvalue weighted by Crippen LogP contribution is 2.18. The van der Waals surface area contributed by atoms with Crippen LogP contribution in [0.15, 0.2) is 29.4 Å². The van der Waals surface area contributed by atoms with Crippen molar-refractivity contribution in [1.82, 2.24) is 9.55 Å². The fraction of sp³-hybridized carbons (Fsp3) is 0.364. The molecule has 0 bridgehead atoms. The molecular formula is C11H15N3O2S. The standard InChI is InChI=1S/C11H15N3O2S/c1-14-8-13-10-7-9(3-4-11(10)14)17(15,16)6-2-5-12/h3-4,7-8H,2,5-6,12H2,1H3. The first-order chi connectivity index (χ1) is 8.04. The van der Waals surface area contributed by atoms with E-state index in [2.05, 4.69) is 4.98 Å². The van der Waals surface area contributed by atoms with Gasteiger partial charge in [0, 0.05) is 7.05 Å². The predicted octanol–water partition coefficient (Wildman–Crippen LogP) is 0.696. The van der Waals surface area contributed by atoms with Crippen LogP contribution >= 0.6 is 0 Å². The van der Waals surface area contributed by atoms with Crippen molar-refractivity contribution in [2.75, 3.05) is 12.3 Å². The quantitative estimate of drug-likeness (QED) is 0.869. The van der Waals surface area contributed by atoms with Gasteiger partial charge in [-0.15, -0.1) is 0 Å². The molecule has 0 aliphatic carbocycles. The Balaban J connectivity index is 2.42. The van der Waals surface area contributed by atoms with Gasteiger partial charge in [-0.2, -0.15) is 0 Å². The molecule has 2 N–H and O–H groups in total. The second-order valence-corrected chi connectivity index (χ2v) is 6.08. The molecule has 0 amide bonds. The van der Waals surface area contributed by atoms with E-state index in [1.54, 1.807) is 24.5 Å². The maximum Gasteiger partial charge on any atom is 0.178 e. The number of rotatable bonds is 4. The van der Waals surface area contributed by atoms with Crippen LogP contribution in [0.3, 0.4) is 0 Å². The molecule has 0 saturated carbocycles. The number of benzene rings is 1. The van der Waals surface area contributed by atoms with E-state index in [0.29, 0.717) is 23.4 Å². The molecule has 1 aromatic heterocycles. The van der Waals surface area contributed by atoms with Crippen LogP contribution in [-0.4, -0.2) is 30.3 Å². The minimum absolute atomic E-state index is 0.0852. The molecular weight excluding hydrogens is 238 g/mol. The third-order valence-corrected chi connectivity index (χ3v) is 4.47. The van der Waals surface area contributed by atoms with Crippen molar-refractivity contribution in [3.8, 4) is 0 Å². The van der Waals surface area contributed by atoms with Gasteiger partial charge in [0.05, 0.1) is 28.0 Å². The van der Waals surface area contributed by atoms with Crippen LogP contribution in [0, 0.1) is 0 Å². The van der Waals surface area contributed by atoms with Gasteiger partial charge in [-0.25, -0.2) is 13.4 Å². The summed E-state index contributed by atoms with van der Waals surface area (Å²) in [7, 11) is -1.36. The number of aryl methyl sites for hydroxylation is 1. The number of hydrogen-bond donors (Lipinski definition) is 1. The SMILES string of the molecule is Cn1cnc2cc(S(=O)(=O)CCCN)ccc21. The Hall–Kier alpha value is -1.40. The van der Waals surface area contributed by atoms with Crippen LogP contribution in [-0.2, 0) is 16.9 Å². The molecule has 2 rings (SSSR count). The summed E-state index contributed by atoms with van der Waals surface area (Å²) in [4.78, 5) is 4.46. The van der Waals surface area contributed by atoms with E-state index in [1.165, 1.54) is 0 Å². The molecule has 17 heavy (non-hydrogen) atoms. The lowest BCUT2D eigenvalue weighted by Gasteiger charge is -2.03.